The first-order valence-corrected chi connectivity index (χ1v) is 21.0. The second kappa shape index (κ2) is 14.7. The topological polar surface area (TPSA) is 123 Å². The highest BCUT2D eigenvalue weighted by Crippen LogP contribution is 2.40. The van der Waals surface area contributed by atoms with Crippen molar-refractivity contribution in [3.63, 3.8) is 0 Å². The first-order valence-electron chi connectivity index (χ1n) is 16.4. The van der Waals surface area contributed by atoms with Crippen molar-refractivity contribution in [2.45, 2.75) is 68.8 Å². The Kier molecular flexibility index (Phi) is 10.8. The highest BCUT2D eigenvalue weighted by molar-refractivity contribution is 7.92. The van der Waals surface area contributed by atoms with Crippen LogP contribution < -0.4 is 4.74 Å². The monoisotopic (exact) mass is 700 g/mol. The number of carbonyl (C=O) groups is 2. The highest BCUT2D eigenvalue weighted by Gasteiger charge is 2.40. The van der Waals surface area contributed by atoms with Crippen molar-refractivity contribution in [1.29, 1.82) is 0 Å². The molecule has 0 spiro atoms. The van der Waals surface area contributed by atoms with E-state index >= 15 is 0 Å². The van der Waals surface area contributed by atoms with Crippen LogP contribution in [0.1, 0.15) is 54.8 Å². The van der Waals surface area contributed by atoms with E-state index in [2.05, 4.69) is 38.8 Å². The molecule has 0 unspecified atom stereocenters. The molecule has 1 aliphatic rings. The zero-order chi connectivity index (χ0) is 35.4. The number of aryl methyl sites for hydroxylation is 1. The lowest BCUT2D eigenvalue weighted by molar-refractivity contribution is 0.0688. The molecule has 0 bridgehead atoms. The van der Waals surface area contributed by atoms with Crippen LogP contribution in [-0.2, 0) is 20.7 Å². The van der Waals surface area contributed by atoms with Gasteiger partial charge in [-0.15, -0.1) is 0 Å². The number of hydrogen-bond acceptors (Lipinski definition) is 7. The maximum atomic E-state index is 12.8. The van der Waals surface area contributed by atoms with Crippen molar-refractivity contribution >= 4 is 30.0 Å². The Bertz CT molecular complexity index is 1880. The smallest absolute Gasteiger partial charge is 0.407 e. The van der Waals surface area contributed by atoms with Crippen molar-refractivity contribution in [1.82, 2.24) is 9.88 Å². The number of carboxylic acid groups (broad SMARTS) is 1. The Morgan fingerprint density at radius 1 is 1.00 bits per heavy atom. The Labute approximate surface area is 290 Å². The summed E-state index contributed by atoms with van der Waals surface area (Å²) in [4.78, 5) is 31.1. The number of ketones is 1. The van der Waals surface area contributed by atoms with Crippen LogP contribution in [0, 0.1) is 0 Å². The van der Waals surface area contributed by atoms with Gasteiger partial charge in [-0.05, 0) is 83.6 Å². The molecule has 0 saturated carbocycles. The van der Waals surface area contributed by atoms with Crippen molar-refractivity contribution in [3.05, 3.63) is 114 Å². The fourth-order valence-electron chi connectivity index (χ4n) is 5.55. The minimum atomic E-state index is -3.74. The molecule has 2 atom stereocenters. The molecule has 0 radical (unpaired) electrons. The molecular formula is C38H44N2O7SSi. The van der Waals surface area contributed by atoms with Gasteiger partial charge in [0.05, 0.1) is 24.1 Å². The Hall–Kier alpha value is -4.32. The lowest BCUT2D eigenvalue weighted by Gasteiger charge is -2.40. The fourth-order valence-corrected chi connectivity index (χ4v) is 8.08. The number of rotatable bonds is 12. The van der Waals surface area contributed by atoms with Gasteiger partial charge >= 0.3 is 6.09 Å². The molecule has 0 fully saturated rings. The summed E-state index contributed by atoms with van der Waals surface area (Å²) in [5.41, 5.74) is 4.00. The number of nitrogens with zero attached hydrogens (tertiary/aromatic N) is 2. The minimum absolute atomic E-state index is 0.0538. The van der Waals surface area contributed by atoms with Crippen molar-refractivity contribution in [2.75, 3.05) is 18.8 Å². The average Bonchev–Trinajstić information content (AvgIpc) is 3.07. The predicted octanol–water partition coefficient (Wildman–Crippen LogP) is 7.84. The summed E-state index contributed by atoms with van der Waals surface area (Å²) in [6, 6.07) is 24.5. The first kappa shape index (κ1) is 36.0. The summed E-state index contributed by atoms with van der Waals surface area (Å²) in [5.74, 6) is -0.348. The Morgan fingerprint density at radius 3 is 2.33 bits per heavy atom. The van der Waals surface area contributed by atoms with E-state index in [1.807, 2.05) is 42.5 Å². The second-order valence-electron chi connectivity index (χ2n) is 14.0. The molecule has 2 heterocycles. The number of amides is 1. The van der Waals surface area contributed by atoms with Gasteiger partial charge in [0.2, 0.25) is 0 Å². The number of ether oxygens (including phenoxy) is 1. The zero-order valence-electron chi connectivity index (χ0n) is 28.6. The summed E-state index contributed by atoms with van der Waals surface area (Å²) in [5, 5.41) is 10.2. The van der Waals surface area contributed by atoms with Crippen LogP contribution in [-0.4, -0.2) is 68.5 Å². The standard InChI is InChI=1S/C38H44N2O7SSi/c1-38(2,3)49(4,5)47-36(31-10-9-21-39-23-31)25-40(37(42)43)24-32-19-17-30-22-29(18-20-35(30)46-32)27-13-15-28(16-14-27)34(41)26-48(44,45)33-11-7-6-8-12-33/h6-16,18,20-23,32,36H,17,19,24-26H2,1-5H3,(H,42,43)/t32-,36+/m1/s1. The highest BCUT2D eigenvalue weighted by atomic mass is 32.2. The summed E-state index contributed by atoms with van der Waals surface area (Å²) >= 11 is 0. The van der Waals surface area contributed by atoms with Crippen LogP contribution in [0.3, 0.4) is 0 Å². The zero-order valence-corrected chi connectivity index (χ0v) is 30.4. The van der Waals surface area contributed by atoms with E-state index in [1.54, 1.807) is 42.7 Å². The van der Waals surface area contributed by atoms with Crippen molar-refractivity contribution in [2.24, 2.45) is 0 Å². The van der Waals surface area contributed by atoms with Crippen molar-refractivity contribution in [3.8, 4) is 16.9 Å². The summed E-state index contributed by atoms with van der Waals surface area (Å²) in [6.07, 6.45) is 2.97. The predicted molar refractivity (Wildman–Crippen MR) is 192 cm³/mol. The normalized spacial score (nSPS) is 15.5. The molecule has 49 heavy (non-hydrogen) atoms. The molecule has 0 saturated heterocycles. The second-order valence-corrected chi connectivity index (χ2v) is 20.8. The summed E-state index contributed by atoms with van der Waals surface area (Å²) < 4.78 is 38.4. The summed E-state index contributed by atoms with van der Waals surface area (Å²) in [6.45, 7) is 11.2. The Balaban J connectivity index is 1.25. The van der Waals surface area contributed by atoms with E-state index in [0.717, 1.165) is 22.3 Å². The SMILES string of the molecule is CC(C)(C)[Si](C)(C)O[C@@H](CN(C[C@H]1CCc2cc(-c3ccc(C(=O)CS(=O)(=O)c4ccccc4)cc3)ccc2O1)C(=O)O)c1cccnc1. The molecule has 9 nitrogen and oxygen atoms in total. The van der Waals surface area contributed by atoms with E-state index in [4.69, 9.17) is 9.16 Å². The number of aromatic nitrogens is 1. The maximum absolute atomic E-state index is 12.8. The van der Waals surface area contributed by atoms with E-state index in [-0.39, 0.29) is 29.1 Å². The lowest BCUT2D eigenvalue weighted by atomic mass is 9.96. The van der Waals surface area contributed by atoms with E-state index < -0.39 is 41.9 Å². The van der Waals surface area contributed by atoms with Gasteiger partial charge in [-0.2, -0.15) is 0 Å². The van der Waals surface area contributed by atoms with Gasteiger partial charge in [-0.25, -0.2) is 13.2 Å². The van der Waals surface area contributed by atoms with Gasteiger partial charge in [0, 0.05) is 18.0 Å². The van der Waals surface area contributed by atoms with E-state index in [1.165, 1.54) is 17.0 Å². The summed E-state index contributed by atoms with van der Waals surface area (Å²) in [7, 11) is -5.97. The molecule has 4 aromatic rings. The fraction of sp³-hybridized carbons (Fsp3) is 0.342. The number of sulfone groups is 1. The van der Waals surface area contributed by atoms with Gasteiger partial charge < -0.3 is 19.2 Å². The number of carbonyl (C=O) groups excluding carboxylic acids is 1. The van der Waals surface area contributed by atoms with Crippen LogP contribution in [0.25, 0.3) is 11.1 Å². The Morgan fingerprint density at radius 2 is 1.69 bits per heavy atom. The number of Topliss-reactive ketones (excluding diaryl/α,β-unsaturated/α-hetero) is 1. The van der Waals surface area contributed by atoms with Crippen molar-refractivity contribution < 1.29 is 32.3 Å². The third kappa shape index (κ3) is 8.83. The van der Waals surface area contributed by atoms with Crippen LogP contribution >= 0.6 is 0 Å². The molecule has 1 aliphatic heterocycles. The quantitative estimate of drug-likeness (QED) is 0.117. The minimum Gasteiger partial charge on any atom is -0.488 e. The molecule has 1 amide bonds. The third-order valence-electron chi connectivity index (χ3n) is 9.43. The molecule has 11 heteroatoms. The molecule has 1 aromatic heterocycles. The van der Waals surface area contributed by atoms with Crippen LogP contribution in [0.15, 0.2) is 102 Å². The molecule has 0 aliphatic carbocycles. The first-order chi connectivity index (χ1) is 23.1. The number of benzene rings is 3. The molecule has 258 valence electrons. The number of hydrogen-bond donors (Lipinski definition) is 1. The average molecular weight is 701 g/mol. The van der Waals surface area contributed by atoms with Gasteiger partial charge in [-0.1, -0.05) is 75.4 Å². The molecule has 1 N–H and O–H groups in total. The third-order valence-corrected chi connectivity index (χ3v) is 15.6. The van der Waals surface area contributed by atoms with E-state index in [0.29, 0.717) is 24.2 Å². The largest absolute Gasteiger partial charge is 0.488 e. The lowest BCUT2D eigenvalue weighted by Crippen LogP contribution is -2.46. The van der Waals surface area contributed by atoms with E-state index in [9.17, 15) is 23.1 Å². The number of pyridine rings is 1. The van der Waals surface area contributed by atoms with Crippen LogP contribution in [0.4, 0.5) is 4.79 Å². The van der Waals surface area contributed by atoms with Gasteiger partial charge in [0.15, 0.2) is 23.9 Å². The maximum Gasteiger partial charge on any atom is 0.407 e. The molecule has 3 aromatic carbocycles. The molecule has 5 rings (SSSR count). The van der Waals surface area contributed by atoms with Crippen LogP contribution in [0.5, 0.6) is 5.75 Å². The van der Waals surface area contributed by atoms with Crippen LogP contribution in [0.2, 0.25) is 18.1 Å². The van der Waals surface area contributed by atoms with Gasteiger partial charge in [-0.3, -0.25) is 9.78 Å². The van der Waals surface area contributed by atoms with Gasteiger partial charge in [0.1, 0.15) is 17.6 Å². The number of fused-ring (bicyclic) bond motifs is 1. The molecular weight excluding hydrogens is 657 g/mol. The van der Waals surface area contributed by atoms with Gasteiger partial charge in [0.25, 0.3) is 0 Å².